The number of fused-ring (bicyclic) bond motifs is 1. The highest BCUT2D eigenvalue weighted by Gasteiger charge is 2.32. The summed E-state index contributed by atoms with van der Waals surface area (Å²) in [6.07, 6.45) is 1.01. The monoisotopic (exact) mass is 322 g/mol. The van der Waals surface area contributed by atoms with E-state index in [1.54, 1.807) is 18.2 Å². The van der Waals surface area contributed by atoms with Gasteiger partial charge in [0.25, 0.3) is 11.8 Å². The molecule has 1 aliphatic rings. The van der Waals surface area contributed by atoms with E-state index in [4.69, 9.17) is 0 Å². The van der Waals surface area contributed by atoms with Crippen molar-refractivity contribution in [3.05, 3.63) is 64.7 Å². The molecule has 0 aromatic heterocycles. The fourth-order valence-corrected chi connectivity index (χ4v) is 2.79. The molecule has 2 aromatic rings. The first-order chi connectivity index (χ1) is 11.5. The molecule has 2 aromatic carbocycles. The van der Waals surface area contributed by atoms with Crippen molar-refractivity contribution in [2.45, 2.75) is 19.8 Å². The molecule has 3 amide bonds. The highest BCUT2D eigenvalue weighted by Crippen LogP contribution is 2.24. The maximum Gasteiger partial charge on any atom is 0.261 e. The van der Waals surface area contributed by atoms with Gasteiger partial charge in [0.15, 0.2) is 0 Å². The second-order valence-corrected chi connectivity index (χ2v) is 5.97. The molecule has 0 unspecified atom stereocenters. The number of nitrogens with one attached hydrogen (secondary N) is 1. The average molecular weight is 322 g/mol. The van der Waals surface area contributed by atoms with Crippen molar-refractivity contribution in [2.24, 2.45) is 0 Å². The van der Waals surface area contributed by atoms with Gasteiger partial charge in [0, 0.05) is 19.2 Å². The Hall–Kier alpha value is -2.95. The van der Waals surface area contributed by atoms with Crippen LogP contribution >= 0.6 is 0 Å². The minimum absolute atomic E-state index is 0.124. The van der Waals surface area contributed by atoms with E-state index < -0.39 is 0 Å². The van der Waals surface area contributed by atoms with E-state index in [9.17, 15) is 14.4 Å². The Morgan fingerprint density at radius 2 is 1.79 bits per heavy atom. The van der Waals surface area contributed by atoms with Crippen LogP contribution in [0.15, 0.2) is 42.5 Å². The number of imide groups is 1. The molecular formula is C19H18N2O3. The quantitative estimate of drug-likeness (QED) is 0.880. The molecule has 1 N–H and O–H groups in total. The number of benzene rings is 2. The highest BCUT2D eigenvalue weighted by molar-refractivity contribution is 6.21. The predicted molar refractivity (Wildman–Crippen MR) is 91.0 cm³/mol. The van der Waals surface area contributed by atoms with Crippen molar-refractivity contribution in [1.82, 2.24) is 4.90 Å². The summed E-state index contributed by atoms with van der Waals surface area (Å²) in [5.74, 6) is -0.778. The summed E-state index contributed by atoms with van der Waals surface area (Å²) in [5.41, 5.74) is 3.51. The molecule has 5 nitrogen and oxygen atoms in total. The fourth-order valence-electron chi connectivity index (χ4n) is 2.79. The van der Waals surface area contributed by atoms with Gasteiger partial charge in [0.2, 0.25) is 5.91 Å². The second-order valence-electron chi connectivity index (χ2n) is 5.97. The lowest BCUT2D eigenvalue weighted by Gasteiger charge is -2.07. The van der Waals surface area contributed by atoms with Crippen LogP contribution in [0.2, 0.25) is 0 Å². The lowest BCUT2D eigenvalue weighted by molar-refractivity contribution is -0.116. The third-order valence-electron chi connectivity index (χ3n) is 4.10. The summed E-state index contributed by atoms with van der Waals surface area (Å²) in [5, 5.41) is 2.79. The van der Waals surface area contributed by atoms with Crippen LogP contribution in [0.1, 0.15) is 38.3 Å². The van der Waals surface area contributed by atoms with Crippen molar-refractivity contribution >= 4 is 23.4 Å². The topological polar surface area (TPSA) is 66.5 Å². The Balaban J connectivity index is 1.65. The Morgan fingerprint density at radius 1 is 1.04 bits per heavy atom. The van der Waals surface area contributed by atoms with Gasteiger partial charge in [-0.3, -0.25) is 19.3 Å². The first kappa shape index (κ1) is 15.9. The molecule has 5 heteroatoms. The summed E-state index contributed by atoms with van der Waals surface area (Å²) in [6.45, 7) is 2.02. The van der Waals surface area contributed by atoms with Crippen LogP contribution in [0, 0.1) is 6.92 Å². The number of carbonyl (C=O) groups is 3. The lowest BCUT2D eigenvalue weighted by Crippen LogP contribution is -2.24. The molecular weight excluding hydrogens is 304 g/mol. The largest absolute Gasteiger partial charge is 0.326 e. The van der Waals surface area contributed by atoms with Gasteiger partial charge in [-0.2, -0.15) is 0 Å². The van der Waals surface area contributed by atoms with Crippen molar-refractivity contribution in [3.63, 3.8) is 0 Å². The van der Waals surface area contributed by atoms with Crippen LogP contribution in [0.5, 0.6) is 0 Å². The molecule has 0 saturated carbocycles. The number of aryl methyl sites for hydroxylation is 2. The normalized spacial score (nSPS) is 13.2. The van der Waals surface area contributed by atoms with E-state index in [0.29, 0.717) is 29.7 Å². The molecule has 0 radical (unpaired) electrons. The lowest BCUT2D eigenvalue weighted by atomic mass is 10.1. The van der Waals surface area contributed by atoms with Gasteiger partial charge >= 0.3 is 0 Å². The maximum absolute atomic E-state index is 12.1. The average Bonchev–Trinajstić information content (AvgIpc) is 2.77. The standard InChI is InChI=1S/C19H18N2O3/c1-12-4-3-5-13(10-12)6-9-17(22)20-14-7-8-15-16(11-14)19(24)21(2)18(15)23/h3-5,7-8,10-11H,6,9H2,1-2H3,(H,20,22). The number of hydrogen-bond acceptors (Lipinski definition) is 3. The molecule has 0 bridgehead atoms. The van der Waals surface area contributed by atoms with E-state index in [1.165, 1.54) is 12.6 Å². The van der Waals surface area contributed by atoms with Crippen molar-refractivity contribution in [3.8, 4) is 0 Å². The van der Waals surface area contributed by atoms with Crippen LogP contribution in [0.25, 0.3) is 0 Å². The van der Waals surface area contributed by atoms with Crippen LogP contribution < -0.4 is 5.32 Å². The third-order valence-corrected chi connectivity index (χ3v) is 4.10. The molecule has 1 heterocycles. The van der Waals surface area contributed by atoms with Crippen molar-refractivity contribution in [1.29, 1.82) is 0 Å². The van der Waals surface area contributed by atoms with Gasteiger partial charge in [-0.05, 0) is 37.1 Å². The van der Waals surface area contributed by atoms with Crippen molar-refractivity contribution in [2.75, 3.05) is 12.4 Å². The second kappa shape index (κ2) is 6.28. The molecule has 0 spiro atoms. The summed E-state index contributed by atoms with van der Waals surface area (Å²) >= 11 is 0. The van der Waals surface area contributed by atoms with E-state index in [0.717, 1.165) is 10.5 Å². The SMILES string of the molecule is Cc1cccc(CCC(=O)Nc2ccc3c(c2)C(=O)N(C)C3=O)c1. The van der Waals surface area contributed by atoms with Crippen LogP contribution in [-0.2, 0) is 11.2 Å². The number of amides is 3. The molecule has 1 aliphatic heterocycles. The number of nitrogens with zero attached hydrogens (tertiary/aromatic N) is 1. The van der Waals surface area contributed by atoms with Crippen molar-refractivity contribution < 1.29 is 14.4 Å². The zero-order chi connectivity index (χ0) is 17.3. The maximum atomic E-state index is 12.1. The molecule has 0 saturated heterocycles. The number of anilines is 1. The number of hydrogen-bond donors (Lipinski definition) is 1. The smallest absolute Gasteiger partial charge is 0.261 e. The number of carbonyl (C=O) groups excluding carboxylic acids is 3. The summed E-state index contributed by atoms with van der Waals surface area (Å²) in [4.78, 5) is 37.0. The summed E-state index contributed by atoms with van der Waals surface area (Å²) < 4.78 is 0. The Bertz CT molecular complexity index is 842. The highest BCUT2D eigenvalue weighted by atomic mass is 16.2. The molecule has 24 heavy (non-hydrogen) atoms. The summed E-state index contributed by atoms with van der Waals surface area (Å²) in [6, 6.07) is 12.8. The molecule has 3 rings (SSSR count). The summed E-state index contributed by atoms with van der Waals surface area (Å²) in [7, 11) is 1.45. The Morgan fingerprint density at radius 3 is 2.54 bits per heavy atom. The van der Waals surface area contributed by atoms with Crippen LogP contribution in [-0.4, -0.2) is 29.7 Å². The minimum Gasteiger partial charge on any atom is -0.326 e. The Kier molecular flexibility index (Phi) is 4.16. The first-order valence-corrected chi connectivity index (χ1v) is 7.77. The predicted octanol–water partition coefficient (Wildman–Crippen LogP) is 2.79. The van der Waals surface area contributed by atoms with Gasteiger partial charge in [-0.15, -0.1) is 0 Å². The number of rotatable bonds is 4. The zero-order valence-corrected chi connectivity index (χ0v) is 13.6. The van der Waals surface area contributed by atoms with Crippen LogP contribution in [0.3, 0.4) is 0 Å². The first-order valence-electron chi connectivity index (χ1n) is 7.77. The van der Waals surface area contributed by atoms with Gasteiger partial charge in [-0.1, -0.05) is 29.8 Å². The van der Waals surface area contributed by atoms with E-state index >= 15 is 0 Å². The Labute approximate surface area is 140 Å². The molecule has 0 atom stereocenters. The van der Waals surface area contributed by atoms with Gasteiger partial charge in [-0.25, -0.2) is 0 Å². The zero-order valence-electron chi connectivity index (χ0n) is 13.6. The van der Waals surface area contributed by atoms with Gasteiger partial charge in [0.1, 0.15) is 0 Å². The van der Waals surface area contributed by atoms with E-state index in [1.807, 2.05) is 25.1 Å². The van der Waals surface area contributed by atoms with Gasteiger partial charge in [0.05, 0.1) is 11.1 Å². The molecule has 0 fully saturated rings. The fraction of sp³-hybridized carbons (Fsp3) is 0.211. The third kappa shape index (κ3) is 3.06. The van der Waals surface area contributed by atoms with Crippen LogP contribution in [0.4, 0.5) is 5.69 Å². The minimum atomic E-state index is -0.342. The van der Waals surface area contributed by atoms with E-state index in [-0.39, 0.29) is 17.7 Å². The van der Waals surface area contributed by atoms with E-state index in [2.05, 4.69) is 11.4 Å². The molecule has 0 aliphatic carbocycles. The van der Waals surface area contributed by atoms with Gasteiger partial charge < -0.3 is 5.32 Å². The molecule has 122 valence electrons.